The van der Waals surface area contributed by atoms with Gasteiger partial charge >= 0.3 is 0 Å². The van der Waals surface area contributed by atoms with Crippen LogP contribution < -0.4 is 5.32 Å². The van der Waals surface area contributed by atoms with Crippen LogP contribution in [0.2, 0.25) is 0 Å². The summed E-state index contributed by atoms with van der Waals surface area (Å²) < 4.78 is 4.92. The molecule has 4 nitrogen and oxygen atoms in total. The first-order valence-corrected chi connectivity index (χ1v) is 6.17. The van der Waals surface area contributed by atoms with E-state index in [2.05, 4.69) is 29.3 Å². The molecule has 1 heterocycles. The Labute approximate surface area is 96.8 Å². The van der Waals surface area contributed by atoms with Crippen LogP contribution in [0.15, 0.2) is 4.52 Å². The monoisotopic (exact) mass is 223 g/mol. The molecule has 4 heteroatoms. The minimum atomic E-state index is 0.651. The molecule has 1 aliphatic rings. The second kappa shape index (κ2) is 4.95. The van der Waals surface area contributed by atoms with Crippen molar-refractivity contribution in [3.8, 4) is 0 Å². The third kappa shape index (κ3) is 2.82. The van der Waals surface area contributed by atoms with E-state index in [1.807, 2.05) is 6.92 Å². The fourth-order valence-electron chi connectivity index (χ4n) is 2.20. The van der Waals surface area contributed by atoms with Crippen LogP contribution >= 0.6 is 0 Å². The molecule has 0 unspecified atom stereocenters. The van der Waals surface area contributed by atoms with Gasteiger partial charge in [0.15, 0.2) is 5.82 Å². The summed E-state index contributed by atoms with van der Waals surface area (Å²) in [5, 5.41) is 7.41. The van der Waals surface area contributed by atoms with E-state index in [0.29, 0.717) is 11.9 Å². The largest absolute Gasteiger partial charge is 0.340 e. The normalized spacial score (nSPS) is 24.8. The number of rotatable bonds is 5. The number of aromatic nitrogens is 2. The van der Waals surface area contributed by atoms with Gasteiger partial charge in [0.1, 0.15) is 0 Å². The van der Waals surface area contributed by atoms with Gasteiger partial charge in [0.05, 0.1) is 0 Å². The van der Waals surface area contributed by atoms with Crippen LogP contribution in [-0.4, -0.2) is 22.7 Å². The fourth-order valence-corrected chi connectivity index (χ4v) is 2.20. The summed E-state index contributed by atoms with van der Waals surface area (Å²) in [6, 6.07) is 0.709. The van der Waals surface area contributed by atoms with Gasteiger partial charge in [0.2, 0.25) is 5.89 Å². The van der Waals surface area contributed by atoms with E-state index >= 15 is 0 Å². The summed E-state index contributed by atoms with van der Waals surface area (Å²) in [5.41, 5.74) is 0. The second-order valence-corrected chi connectivity index (χ2v) is 5.11. The Morgan fingerprint density at radius 2 is 2.19 bits per heavy atom. The zero-order chi connectivity index (χ0) is 11.5. The van der Waals surface area contributed by atoms with Gasteiger partial charge in [-0.2, -0.15) is 4.98 Å². The maximum atomic E-state index is 4.92. The molecule has 0 radical (unpaired) electrons. The molecule has 0 atom stereocenters. The number of nitrogens with one attached hydrogen (secondary N) is 1. The average Bonchev–Trinajstić information content (AvgIpc) is 2.54. The molecule has 1 aliphatic carbocycles. The molecule has 1 saturated carbocycles. The number of nitrogens with zero attached hydrogens (tertiary/aromatic N) is 2. The third-order valence-electron chi connectivity index (χ3n) is 3.47. The molecule has 0 spiro atoms. The summed E-state index contributed by atoms with van der Waals surface area (Å²) in [7, 11) is 0. The van der Waals surface area contributed by atoms with Gasteiger partial charge in [0, 0.05) is 25.9 Å². The van der Waals surface area contributed by atoms with Gasteiger partial charge in [-0.05, 0) is 24.7 Å². The molecule has 0 aliphatic heterocycles. The van der Waals surface area contributed by atoms with Crippen molar-refractivity contribution in [1.29, 1.82) is 0 Å². The Morgan fingerprint density at radius 1 is 1.44 bits per heavy atom. The maximum Gasteiger partial charge on any atom is 0.223 e. The Balaban J connectivity index is 1.60. The van der Waals surface area contributed by atoms with Gasteiger partial charge < -0.3 is 9.84 Å². The lowest BCUT2D eigenvalue weighted by molar-refractivity contribution is 0.169. The Hall–Kier alpha value is -0.900. The molecule has 2 rings (SSSR count). The van der Waals surface area contributed by atoms with Crippen molar-refractivity contribution >= 4 is 0 Å². The zero-order valence-electron chi connectivity index (χ0n) is 10.4. The Morgan fingerprint density at radius 3 is 2.75 bits per heavy atom. The van der Waals surface area contributed by atoms with Crippen LogP contribution in [0.5, 0.6) is 0 Å². The molecule has 1 N–H and O–H groups in total. The zero-order valence-corrected chi connectivity index (χ0v) is 10.4. The van der Waals surface area contributed by atoms with Gasteiger partial charge in [-0.3, -0.25) is 0 Å². The molecule has 16 heavy (non-hydrogen) atoms. The van der Waals surface area contributed by atoms with Crippen LogP contribution in [0.4, 0.5) is 0 Å². The Bertz CT molecular complexity index is 329. The van der Waals surface area contributed by atoms with Crippen molar-refractivity contribution in [3.05, 3.63) is 11.7 Å². The lowest BCUT2D eigenvalue weighted by atomic mass is 9.74. The highest BCUT2D eigenvalue weighted by atomic mass is 16.5. The van der Waals surface area contributed by atoms with E-state index in [1.54, 1.807) is 0 Å². The molecule has 0 amide bonds. The van der Waals surface area contributed by atoms with Crippen LogP contribution in [-0.2, 0) is 6.42 Å². The van der Waals surface area contributed by atoms with E-state index in [0.717, 1.165) is 30.6 Å². The highest BCUT2D eigenvalue weighted by molar-refractivity contribution is 4.89. The van der Waals surface area contributed by atoms with Crippen LogP contribution in [0.3, 0.4) is 0 Å². The minimum absolute atomic E-state index is 0.651. The molecular weight excluding hydrogens is 202 g/mol. The van der Waals surface area contributed by atoms with Crippen molar-refractivity contribution in [1.82, 2.24) is 15.5 Å². The lowest BCUT2D eigenvalue weighted by Crippen LogP contribution is -2.43. The number of aryl methyl sites for hydroxylation is 1. The molecule has 1 fully saturated rings. The van der Waals surface area contributed by atoms with Crippen molar-refractivity contribution in [2.75, 3.05) is 6.54 Å². The van der Waals surface area contributed by atoms with E-state index in [-0.39, 0.29) is 0 Å². The molecule has 1 aromatic heterocycles. The van der Waals surface area contributed by atoms with Crippen LogP contribution in [0.25, 0.3) is 0 Å². The highest BCUT2D eigenvalue weighted by Crippen LogP contribution is 2.33. The van der Waals surface area contributed by atoms with Gasteiger partial charge in [-0.1, -0.05) is 19.0 Å². The number of hydrogen-bond acceptors (Lipinski definition) is 4. The first kappa shape index (κ1) is 11.6. The fraction of sp³-hybridized carbons (Fsp3) is 0.833. The van der Waals surface area contributed by atoms with Gasteiger partial charge in [0.25, 0.3) is 0 Å². The molecule has 0 saturated heterocycles. The first-order valence-electron chi connectivity index (χ1n) is 6.17. The molecular formula is C12H21N3O. The molecule has 0 bridgehead atoms. The lowest BCUT2D eigenvalue weighted by Gasteiger charge is -2.38. The Kier molecular flexibility index (Phi) is 3.59. The average molecular weight is 223 g/mol. The second-order valence-electron chi connectivity index (χ2n) is 5.11. The predicted molar refractivity (Wildman–Crippen MR) is 62.1 cm³/mol. The summed E-state index contributed by atoms with van der Waals surface area (Å²) in [6.07, 6.45) is 3.51. The molecule has 90 valence electrons. The van der Waals surface area contributed by atoms with Crippen molar-refractivity contribution in [2.45, 2.75) is 46.1 Å². The van der Waals surface area contributed by atoms with Gasteiger partial charge in [-0.15, -0.1) is 0 Å². The van der Waals surface area contributed by atoms with Crippen LogP contribution in [0, 0.1) is 18.8 Å². The maximum absolute atomic E-state index is 4.92. The topological polar surface area (TPSA) is 51.0 Å². The van der Waals surface area contributed by atoms with E-state index in [1.165, 1.54) is 12.8 Å². The van der Waals surface area contributed by atoms with E-state index < -0.39 is 0 Å². The van der Waals surface area contributed by atoms with E-state index in [9.17, 15) is 0 Å². The van der Waals surface area contributed by atoms with Gasteiger partial charge in [-0.25, -0.2) is 0 Å². The summed E-state index contributed by atoms with van der Waals surface area (Å²) in [4.78, 5) is 4.18. The predicted octanol–water partition coefficient (Wildman–Crippen LogP) is 1.94. The molecule has 0 aromatic carbocycles. The standard InChI is InChI=1S/C12H21N3O/c1-8(2)10-6-11(7-10)13-5-4-12-14-9(3)16-15-12/h8,10-11,13H,4-7H2,1-3H3. The van der Waals surface area contributed by atoms with E-state index in [4.69, 9.17) is 4.52 Å². The number of hydrogen-bond donors (Lipinski definition) is 1. The summed E-state index contributed by atoms with van der Waals surface area (Å²) >= 11 is 0. The van der Waals surface area contributed by atoms with Crippen LogP contribution in [0.1, 0.15) is 38.4 Å². The quantitative estimate of drug-likeness (QED) is 0.829. The highest BCUT2D eigenvalue weighted by Gasteiger charge is 2.30. The van der Waals surface area contributed by atoms with Crippen molar-refractivity contribution in [2.24, 2.45) is 11.8 Å². The minimum Gasteiger partial charge on any atom is -0.340 e. The summed E-state index contributed by atoms with van der Waals surface area (Å²) in [5.74, 6) is 3.21. The smallest absolute Gasteiger partial charge is 0.223 e. The summed E-state index contributed by atoms with van der Waals surface area (Å²) in [6.45, 7) is 7.39. The van der Waals surface area contributed by atoms with Crippen molar-refractivity contribution < 1.29 is 4.52 Å². The molecule has 1 aromatic rings. The first-order chi connectivity index (χ1) is 7.65. The van der Waals surface area contributed by atoms with Crippen molar-refractivity contribution in [3.63, 3.8) is 0 Å². The SMILES string of the molecule is Cc1nc(CCNC2CC(C(C)C)C2)no1. The third-order valence-corrected chi connectivity index (χ3v) is 3.47.